The van der Waals surface area contributed by atoms with Crippen molar-refractivity contribution in [2.75, 3.05) is 0 Å². The lowest BCUT2D eigenvalue weighted by molar-refractivity contribution is 0.276. The van der Waals surface area contributed by atoms with Crippen LogP contribution in [0.3, 0.4) is 0 Å². The number of aliphatic hydroxyl groups excluding tert-OH is 1. The molecule has 0 saturated carbocycles. The van der Waals surface area contributed by atoms with Gasteiger partial charge >= 0.3 is 0 Å². The molecule has 0 atom stereocenters. The lowest BCUT2D eigenvalue weighted by Gasteiger charge is -2.00. The molecule has 0 saturated heterocycles. The monoisotopic (exact) mass is 275 g/mol. The van der Waals surface area contributed by atoms with Crippen LogP contribution in [0.4, 0.5) is 0 Å². The molecule has 0 unspecified atom stereocenters. The number of rotatable bonds is 5. The first-order chi connectivity index (χ1) is 9.24. The standard InChI is InChI=1S/C14H14ClN3O/c1-2-9-18-14(13(10-19)16-17-18)8-5-11-3-6-12(15)7-4-11/h2-8,19H,1,9-10H2/b8-5+. The third-order valence-electron chi connectivity index (χ3n) is 2.60. The Hall–Kier alpha value is -1.91. The van der Waals surface area contributed by atoms with Crippen molar-refractivity contribution in [3.8, 4) is 0 Å². The van der Waals surface area contributed by atoms with Gasteiger partial charge in [-0.05, 0) is 23.8 Å². The van der Waals surface area contributed by atoms with E-state index >= 15 is 0 Å². The SMILES string of the molecule is C=CCn1nnc(CO)c1/C=C/c1ccc(Cl)cc1. The number of allylic oxidation sites excluding steroid dienone is 1. The van der Waals surface area contributed by atoms with E-state index in [1.807, 2.05) is 36.4 Å². The molecule has 4 nitrogen and oxygen atoms in total. The van der Waals surface area contributed by atoms with E-state index in [2.05, 4.69) is 16.9 Å². The van der Waals surface area contributed by atoms with Gasteiger partial charge in [0.25, 0.3) is 0 Å². The lowest BCUT2D eigenvalue weighted by atomic mass is 10.2. The second kappa shape index (κ2) is 6.31. The van der Waals surface area contributed by atoms with Crippen molar-refractivity contribution >= 4 is 23.8 Å². The van der Waals surface area contributed by atoms with Gasteiger partial charge in [-0.25, -0.2) is 4.68 Å². The molecule has 0 amide bonds. The van der Waals surface area contributed by atoms with E-state index in [-0.39, 0.29) is 6.61 Å². The number of aromatic nitrogens is 3. The number of halogens is 1. The molecule has 5 heteroatoms. The van der Waals surface area contributed by atoms with Gasteiger partial charge in [-0.3, -0.25) is 0 Å². The highest BCUT2D eigenvalue weighted by Gasteiger charge is 2.07. The van der Waals surface area contributed by atoms with Crippen molar-refractivity contribution in [2.45, 2.75) is 13.2 Å². The molecule has 1 aromatic carbocycles. The average Bonchev–Trinajstić information content (AvgIpc) is 2.81. The Morgan fingerprint density at radius 1 is 1.26 bits per heavy atom. The molecule has 0 aliphatic heterocycles. The first-order valence-electron chi connectivity index (χ1n) is 5.82. The van der Waals surface area contributed by atoms with E-state index in [1.54, 1.807) is 10.8 Å². The number of aliphatic hydroxyl groups is 1. The van der Waals surface area contributed by atoms with Gasteiger partial charge in [0.1, 0.15) is 5.69 Å². The Bertz CT molecular complexity index is 587. The summed E-state index contributed by atoms with van der Waals surface area (Å²) in [5, 5.41) is 17.8. The van der Waals surface area contributed by atoms with Gasteiger partial charge in [0.15, 0.2) is 0 Å². The molecule has 0 aliphatic rings. The van der Waals surface area contributed by atoms with Crippen LogP contribution in [0.25, 0.3) is 12.2 Å². The second-order valence-corrected chi connectivity index (χ2v) is 4.37. The summed E-state index contributed by atoms with van der Waals surface area (Å²) in [5.74, 6) is 0. The molecule has 0 radical (unpaired) electrons. The number of hydrogen-bond acceptors (Lipinski definition) is 3. The maximum absolute atomic E-state index is 9.24. The van der Waals surface area contributed by atoms with Crippen molar-refractivity contribution in [1.29, 1.82) is 0 Å². The lowest BCUT2D eigenvalue weighted by Crippen LogP contribution is -2.00. The van der Waals surface area contributed by atoms with E-state index in [4.69, 9.17) is 11.6 Å². The largest absolute Gasteiger partial charge is 0.390 e. The fourth-order valence-electron chi connectivity index (χ4n) is 1.66. The molecule has 2 aromatic rings. The minimum Gasteiger partial charge on any atom is -0.390 e. The zero-order chi connectivity index (χ0) is 13.7. The van der Waals surface area contributed by atoms with Crippen LogP contribution in [0.2, 0.25) is 5.02 Å². The topological polar surface area (TPSA) is 50.9 Å². The summed E-state index contributed by atoms with van der Waals surface area (Å²) < 4.78 is 1.69. The molecule has 1 aromatic heterocycles. The smallest absolute Gasteiger partial charge is 0.115 e. The molecule has 2 rings (SSSR count). The van der Waals surface area contributed by atoms with Gasteiger partial charge in [0.05, 0.1) is 18.8 Å². The van der Waals surface area contributed by atoms with E-state index in [9.17, 15) is 5.11 Å². The Labute approximate surface area is 116 Å². The number of hydrogen-bond donors (Lipinski definition) is 1. The quantitative estimate of drug-likeness (QED) is 0.854. The summed E-state index contributed by atoms with van der Waals surface area (Å²) in [7, 11) is 0. The van der Waals surface area contributed by atoms with Crippen LogP contribution in [0.5, 0.6) is 0 Å². The summed E-state index contributed by atoms with van der Waals surface area (Å²) in [6.07, 6.45) is 5.53. The van der Waals surface area contributed by atoms with E-state index in [0.29, 0.717) is 17.3 Å². The molecule has 0 aliphatic carbocycles. The van der Waals surface area contributed by atoms with E-state index in [0.717, 1.165) is 11.3 Å². The maximum atomic E-state index is 9.24. The predicted octanol–water partition coefficient (Wildman–Crippen LogP) is 2.78. The maximum Gasteiger partial charge on any atom is 0.115 e. The van der Waals surface area contributed by atoms with E-state index < -0.39 is 0 Å². The highest BCUT2D eigenvalue weighted by molar-refractivity contribution is 6.30. The highest BCUT2D eigenvalue weighted by Crippen LogP contribution is 2.14. The number of benzene rings is 1. The third-order valence-corrected chi connectivity index (χ3v) is 2.85. The Morgan fingerprint density at radius 3 is 2.63 bits per heavy atom. The van der Waals surface area contributed by atoms with Gasteiger partial charge in [-0.1, -0.05) is 41.1 Å². The van der Waals surface area contributed by atoms with Crippen LogP contribution in [-0.2, 0) is 13.2 Å². The Balaban J connectivity index is 2.28. The number of nitrogens with zero attached hydrogens (tertiary/aromatic N) is 3. The van der Waals surface area contributed by atoms with Gasteiger partial charge in [0.2, 0.25) is 0 Å². The van der Waals surface area contributed by atoms with Crippen LogP contribution in [-0.4, -0.2) is 20.1 Å². The van der Waals surface area contributed by atoms with Crippen molar-refractivity contribution < 1.29 is 5.11 Å². The highest BCUT2D eigenvalue weighted by atomic mass is 35.5. The van der Waals surface area contributed by atoms with Gasteiger partial charge in [-0.15, -0.1) is 11.7 Å². The van der Waals surface area contributed by atoms with Gasteiger partial charge in [-0.2, -0.15) is 0 Å². The molecule has 19 heavy (non-hydrogen) atoms. The normalized spacial score (nSPS) is 11.1. The van der Waals surface area contributed by atoms with Crippen molar-refractivity contribution in [1.82, 2.24) is 15.0 Å². The summed E-state index contributed by atoms with van der Waals surface area (Å²) in [6.45, 7) is 4.08. The van der Waals surface area contributed by atoms with Crippen LogP contribution >= 0.6 is 11.6 Å². The molecule has 1 heterocycles. The molecule has 0 bridgehead atoms. The van der Waals surface area contributed by atoms with Crippen LogP contribution in [0, 0.1) is 0 Å². The van der Waals surface area contributed by atoms with Crippen LogP contribution < -0.4 is 0 Å². The predicted molar refractivity (Wildman–Crippen MR) is 76.5 cm³/mol. The summed E-state index contributed by atoms with van der Waals surface area (Å²) in [4.78, 5) is 0. The van der Waals surface area contributed by atoms with Crippen molar-refractivity contribution in [3.63, 3.8) is 0 Å². The fourth-order valence-corrected chi connectivity index (χ4v) is 1.78. The molecule has 98 valence electrons. The average molecular weight is 276 g/mol. The minimum atomic E-state index is -0.141. The fraction of sp³-hybridized carbons (Fsp3) is 0.143. The second-order valence-electron chi connectivity index (χ2n) is 3.94. The zero-order valence-electron chi connectivity index (χ0n) is 10.3. The molecule has 1 N–H and O–H groups in total. The minimum absolute atomic E-state index is 0.141. The van der Waals surface area contributed by atoms with E-state index in [1.165, 1.54) is 0 Å². The zero-order valence-corrected chi connectivity index (χ0v) is 11.1. The molecular weight excluding hydrogens is 262 g/mol. The van der Waals surface area contributed by atoms with Crippen molar-refractivity contribution in [3.05, 3.63) is 58.9 Å². The first kappa shape index (κ1) is 13.5. The third kappa shape index (κ3) is 3.30. The Morgan fingerprint density at radius 2 is 2.00 bits per heavy atom. The first-order valence-corrected chi connectivity index (χ1v) is 6.20. The van der Waals surface area contributed by atoms with Crippen LogP contribution in [0.15, 0.2) is 36.9 Å². The van der Waals surface area contributed by atoms with Gasteiger partial charge in [0, 0.05) is 5.02 Å². The molecular formula is C14H14ClN3O. The molecule has 0 spiro atoms. The summed E-state index contributed by atoms with van der Waals surface area (Å²) >= 11 is 5.83. The van der Waals surface area contributed by atoms with Gasteiger partial charge < -0.3 is 5.11 Å². The molecule has 0 fully saturated rings. The van der Waals surface area contributed by atoms with Crippen LogP contribution in [0.1, 0.15) is 17.0 Å². The summed E-state index contributed by atoms with van der Waals surface area (Å²) in [6, 6.07) is 7.49. The summed E-state index contributed by atoms with van der Waals surface area (Å²) in [5.41, 5.74) is 2.34. The van der Waals surface area contributed by atoms with Crippen molar-refractivity contribution in [2.24, 2.45) is 0 Å². The Kier molecular flexibility index (Phi) is 4.49.